The lowest BCUT2D eigenvalue weighted by molar-refractivity contribution is -0.384. The van der Waals surface area contributed by atoms with Gasteiger partial charge in [0.2, 0.25) is 5.91 Å². The molecule has 0 saturated carbocycles. The SMILES string of the molecule is CC[C@H](C)[C@@H](CN(Cc1ccccc1)C(=S)Nc1ccc(Cl)cc1)NC(=O)Cc1cncn1Cc1ccc([N+](=O)[O-])cc1. The van der Waals surface area contributed by atoms with Gasteiger partial charge in [0.15, 0.2) is 5.11 Å². The molecule has 0 spiro atoms. The molecule has 0 unspecified atom stereocenters. The normalized spacial score (nSPS) is 12.3. The van der Waals surface area contributed by atoms with Crippen LogP contribution in [-0.4, -0.2) is 43.0 Å². The number of nitro groups is 1. The van der Waals surface area contributed by atoms with Gasteiger partial charge in [0.05, 0.1) is 17.7 Å². The van der Waals surface area contributed by atoms with Crippen LogP contribution in [-0.2, 0) is 24.3 Å². The highest BCUT2D eigenvalue weighted by Crippen LogP contribution is 2.18. The van der Waals surface area contributed by atoms with Crippen molar-refractivity contribution in [1.82, 2.24) is 19.8 Å². The summed E-state index contributed by atoms with van der Waals surface area (Å²) in [4.78, 5) is 30.3. The van der Waals surface area contributed by atoms with E-state index in [1.807, 2.05) is 47.0 Å². The summed E-state index contributed by atoms with van der Waals surface area (Å²) in [5.41, 5.74) is 3.60. The Labute approximate surface area is 262 Å². The summed E-state index contributed by atoms with van der Waals surface area (Å²) in [6.07, 6.45) is 4.36. The van der Waals surface area contributed by atoms with Gasteiger partial charge in [0, 0.05) is 60.4 Å². The van der Waals surface area contributed by atoms with Gasteiger partial charge in [0.25, 0.3) is 5.69 Å². The zero-order chi connectivity index (χ0) is 30.8. The molecule has 0 bridgehead atoms. The number of halogens is 1. The molecule has 0 saturated heterocycles. The van der Waals surface area contributed by atoms with Crippen molar-refractivity contribution < 1.29 is 9.72 Å². The number of thiocarbonyl (C=S) groups is 1. The molecule has 0 aliphatic carbocycles. The van der Waals surface area contributed by atoms with Crippen molar-refractivity contribution in [2.24, 2.45) is 5.92 Å². The molecule has 0 fully saturated rings. The summed E-state index contributed by atoms with van der Waals surface area (Å²) in [7, 11) is 0. The van der Waals surface area contributed by atoms with E-state index in [4.69, 9.17) is 23.8 Å². The number of nitro benzene ring substituents is 1. The molecule has 4 aromatic rings. The maximum atomic E-state index is 13.4. The number of carbonyl (C=O) groups excluding carboxylic acids is 1. The zero-order valence-corrected chi connectivity index (χ0v) is 25.7. The molecule has 43 heavy (non-hydrogen) atoms. The van der Waals surface area contributed by atoms with Crippen molar-refractivity contribution in [3.05, 3.63) is 123 Å². The third kappa shape index (κ3) is 9.36. The quantitative estimate of drug-likeness (QED) is 0.101. The van der Waals surface area contributed by atoms with Crippen molar-refractivity contribution in [2.75, 3.05) is 11.9 Å². The fraction of sp³-hybridized carbons (Fsp3) is 0.281. The summed E-state index contributed by atoms with van der Waals surface area (Å²) < 4.78 is 1.88. The predicted molar refractivity (Wildman–Crippen MR) is 174 cm³/mol. The minimum absolute atomic E-state index is 0.0363. The summed E-state index contributed by atoms with van der Waals surface area (Å²) in [5.74, 6) is 0.0672. The first kappa shape index (κ1) is 31.7. The van der Waals surface area contributed by atoms with Crippen LogP contribution in [0.5, 0.6) is 0 Å². The van der Waals surface area contributed by atoms with E-state index < -0.39 is 4.92 Å². The summed E-state index contributed by atoms with van der Waals surface area (Å²) in [5, 5.41) is 18.8. The van der Waals surface area contributed by atoms with E-state index in [1.165, 1.54) is 12.1 Å². The Hall–Kier alpha value is -4.28. The van der Waals surface area contributed by atoms with Crippen molar-refractivity contribution in [1.29, 1.82) is 0 Å². The fourth-order valence-electron chi connectivity index (χ4n) is 4.63. The van der Waals surface area contributed by atoms with Gasteiger partial charge in [-0.15, -0.1) is 0 Å². The first-order chi connectivity index (χ1) is 20.7. The number of carbonyl (C=O) groups is 1. The Kier molecular flexibility index (Phi) is 11.2. The van der Waals surface area contributed by atoms with Gasteiger partial charge >= 0.3 is 0 Å². The second kappa shape index (κ2) is 15.3. The number of amides is 1. The van der Waals surface area contributed by atoms with Crippen LogP contribution in [0.1, 0.15) is 37.1 Å². The number of nitrogens with one attached hydrogen (secondary N) is 2. The molecule has 4 rings (SSSR count). The maximum absolute atomic E-state index is 13.4. The summed E-state index contributed by atoms with van der Waals surface area (Å²) >= 11 is 11.9. The van der Waals surface area contributed by atoms with Gasteiger partial charge in [0.1, 0.15) is 0 Å². The van der Waals surface area contributed by atoms with E-state index in [2.05, 4.69) is 46.5 Å². The van der Waals surface area contributed by atoms with Crippen molar-refractivity contribution in [3.8, 4) is 0 Å². The van der Waals surface area contributed by atoms with Gasteiger partial charge < -0.3 is 20.1 Å². The maximum Gasteiger partial charge on any atom is 0.269 e. The fourth-order valence-corrected chi connectivity index (χ4v) is 5.01. The van der Waals surface area contributed by atoms with Crippen LogP contribution in [0, 0.1) is 16.0 Å². The lowest BCUT2D eigenvalue weighted by Gasteiger charge is -2.33. The number of hydrogen-bond acceptors (Lipinski definition) is 5. The molecule has 11 heteroatoms. The number of non-ortho nitro benzene ring substituents is 1. The van der Waals surface area contributed by atoms with Crippen LogP contribution in [0.25, 0.3) is 0 Å². The summed E-state index contributed by atoms with van der Waals surface area (Å²) in [6.45, 7) is 5.77. The number of hydrogen-bond donors (Lipinski definition) is 2. The van der Waals surface area contributed by atoms with E-state index in [1.54, 1.807) is 24.7 Å². The lowest BCUT2D eigenvalue weighted by Crippen LogP contribution is -2.50. The number of nitrogens with zero attached hydrogens (tertiary/aromatic N) is 4. The average Bonchev–Trinajstić information content (AvgIpc) is 3.43. The molecule has 224 valence electrons. The molecule has 1 amide bonds. The van der Waals surface area contributed by atoms with Crippen molar-refractivity contribution in [3.63, 3.8) is 0 Å². The average molecular weight is 619 g/mol. The smallest absolute Gasteiger partial charge is 0.269 e. The Morgan fingerprint density at radius 2 is 1.77 bits per heavy atom. The topological polar surface area (TPSA) is 105 Å². The van der Waals surface area contributed by atoms with Gasteiger partial charge in [-0.1, -0.05) is 74.3 Å². The largest absolute Gasteiger partial charge is 0.351 e. The number of benzene rings is 3. The molecule has 2 N–H and O–H groups in total. The molecule has 0 aliphatic heterocycles. The van der Waals surface area contributed by atoms with Gasteiger partial charge in [-0.25, -0.2) is 4.98 Å². The molecule has 3 aromatic carbocycles. The van der Waals surface area contributed by atoms with Crippen LogP contribution < -0.4 is 10.6 Å². The third-order valence-electron chi connectivity index (χ3n) is 7.33. The Balaban J connectivity index is 1.46. The monoisotopic (exact) mass is 618 g/mol. The highest BCUT2D eigenvalue weighted by molar-refractivity contribution is 7.80. The van der Waals surface area contributed by atoms with Crippen molar-refractivity contribution in [2.45, 2.75) is 45.8 Å². The van der Waals surface area contributed by atoms with E-state index in [-0.39, 0.29) is 30.0 Å². The first-order valence-corrected chi connectivity index (χ1v) is 14.9. The van der Waals surface area contributed by atoms with Crippen LogP contribution in [0.2, 0.25) is 5.02 Å². The van der Waals surface area contributed by atoms with E-state index >= 15 is 0 Å². The molecule has 9 nitrogen and oxygen atoms in total. The highest BCUT2D eigenvalue weighted by Gasteiger charge is 2.24. The van der Waals surface area contributed by atoms with Gasteiger partial charge in [-0.3, -0.25) is 14.9 Å². The molecule has 0 aliphatic rings. The van der Waals surface area contributed by atoms with E-state index in [0.717, 1.165) is 28.9 Å². The number of rotatable bonds is 13. The first-order valence-electron chi connectivity index (χ1n) is 14.1. The second-order valence-corrected chi connectivity index (χ2v) is 11.3. The molecule has 2 atom stereocenters. The second-order valence-electron chi connectivity index (χ2n) is 10.5. The molecule has 1 heterocycles. The standard InChI is InChI=1S/C32H35ClN6O3S/c1-3-23(2)30(21-37(19-24-7-5-4-6-8-24)32(43)35-27-13-11-26(33)12-14-27)36-31(40)17-29-18-34-22-38(29)20-25-9-15-28(16-10-25)39(41)42/h4-16,18,22-23,30H,3,17,19-21H2,1-2H3,(H,35,43)(H,36,40)/t23-,30+/m0/s1. The molecule has 0 radical (unpaired) electrons. The molecular formula is C32H35ClN6O3S. The van der Waals surface area contributed by atoms with Crippen LogP contribution in [0.15, 0.2) is 91.4 Å². The minimum atomic E-state index is -0.425. The number of aromatic nitrogens is 2. The molecular weight excluding hydrogens is 584 g/mol. The summed E-state index contributed by atoms with van der Waals surface area (Å²) in [6, 6.07) is 23.7. The van der Waals surface area contributed by atoms with Crippen LogP contribution >= 0.6 is 23.8 Å². The number of anilines is 1. The van der Waals surface area contributed by atoms with Crippen molar-refractivity contribution >= 4 is 46.2 Å². The Morgan fingerprint density at radius 1 is 1.07 bits per heavy atom. The Morgan fingerprint density at radius 3 is 2.42 bits per heavy atom. The number of imidazole rings is 1. The van der Waals surface area contributed by atoms with E-state index in [0.29, 0.717) is 29.8 Å². The predicted octanol–water partition coefficient (Wildman–Crippen LogP) is 6.47. The lowest BCUT2D eigenvalue weighted by atomic mass is 9.98. The Bertz CT molecular complexity index is 1510. The van der Waals surface area contributed by atoms with E-state index in [9.17, 15) is 14.9 Å². The van der Waals surface area contributed by atoms with Crippen LogP contribution in [0.4, 0.5) is 11.4 Å². The van der Waals surface area contributed by atoms with Gasteiger partial charge in [-0.2, -0.15) is 0 Å². The third-order valence-corrected chi connectivity index (χ3v) is 7.95. The van der Waals surface area contributed by atoms with Crippen LogP contribution in [0.3, 0.4) is 0 Å². The zero-order valence-electron chi connectivity index (χ0n) is 24.2. The highest BCUT2D eigenvalue weighted by atomic mass is 35.5. The van der Waals surface area contributed by atoms with Gasteiger partial charge in [-0.05, 0) is 53.5 Å². The minimum Gasteiger partial charge on any atom is -0.351 e. The molecule has 1 aromatic heterocycles.